The fraction of sp³-hybridized carbons (Fsp3) is 0.625. The summed E-state index contributed by atoms with van der Waals surface area (Å²) in [7, 11) is 0. The van der Waals surface area contributed by atoms with Crippen LogP contribution in [0.25, 0.3) is 0 Å². The van der Waals surface area contributed by atoms with Gasteiger partial charge in [0.05, 0.1) is 17.7 Å². The molecule has 0 unspecified atom stereocenters. The highest BCUT2D eigenvalue weighted by molar-refractivity contribution is 5.69. The highest BCUT2D eigenvalue weighted by Gasteiger charge is 2.52. The fourth-order valence-corrected chi connectivity index (χ4v) is 2.18. The summed E-state index contributed by atoms with van der Waals surface area (Å²) >= 11 is 0. The van der Waals surface area contributed by atoms with Crippen LogP contribution in [-0.4, -0.2) is 34.4 Å². The molecule has 6 heteroatoms. The third kappa shape index (κ3) is 1.17. The summed E-state index contributed by atoms with van der Waals surface area (Å²) in [6.07, 6.45) is -3.86. The van der Waals surface area contributed by atoms with E-state index >= 15 is 0 Å². The molecule has 0 aromatic heterocycles. The average molecular weight is 207 g/mol. The summed E-state index contributed by atoms with van der Waals surface area (Å²) < 4.78 is 37.1. The maximum Gasteiger partial charge on any atom is 0.414 e. The molecule has 1 N–H and O–H groups in total. The standard InChI is InChI=1S/C8H8F3NO2/c9-8(10,11)5-3-4-1-2-6(5)12(4)7(13)14/h3-4,6H,1-2H2,(H,13,14)/t4-,6+/m1/s1. The largest absolute Gasteiger partial charge is 0.465 e. The minimum absolute atomic E-state index is 0.280. The zero-order valence-electron chi connectivity index (χ0n) is 7.08. The van der Waals surface area contributed by atoms with Crippen LogP contribution in [0.3, 0.4) is 0 Å². The SMILES string of the molecule is O=C(O)N1[C@H]2C=C(C(F)(F)F)[C@@H]1CC2. The molecule has 0 radical (unpaired) electrons. The third-order valence-corrected chi connectivity index (χ3v) is 2.71. The lowest BCUT2D eigenvalue weighted by molar-refractivity contribution is -0.0972. The first-order chi connectivity index (χ1) is 6.41. The van der Waals surface area contributed by atoms with Crippen molar-refractivity contribution in [3.05, 3.63) is 11.6 Å². The molecule has 0 saturated carbocycles. The van der Waals surface area contributed by atoms with E-state index in [1.165, 1.54) is 0 Å². The van der Waals surface area contributed by atoms with Crippen molar-refractivity contribution in [3.8, 4) is 0 Å². The van der Waals surface area contributed by atoms with Gasteiger partial charge in [0.1, 0.15) is 0 Å². The number of rotatable bonds is 0. The summed E-state index contributed by atoms with van der Waals surface area (Å²) in [4.78, 5) is 11.6. The van der Waals surface area contributed by atoms with Crippen LogP contribution < -0.4 is 0 Å². The minimum atomic E-state index is -4.40. The van der Waals surface area contributed by atoms with Gasteiger partial charge in [0.15, 0.2) is 0 Å². The lowest BCUT2D eigenvalue weighted by atomic mass is 9.99. The number of carbonyl (C=O) groups is 1. The van der Waals surface area contributed by atoms with Crippen LogP contribution >= 0.6 is 0 Å². The zero-order valence-corrected chi connectivity index (χ0v) is 7.08. The molecule has 1 amide bonds. The summed E-state index contributed by atoms with van der Waals surface area (Å²) in [5, 5.41) is 8.70. The van der Waals surface area contributed by atoms with Crippen molar-refractivity contribution in [3.63, 3.8) is 0 Å². The Morgan fingerprint density at radius 1 is 1.50 bits per heavy atom. The molecule has 0 aromatic rings. The summed E-state index contributed by atoms with van der Waals surface area (Å²) in [6.45, 7) is 0. The second-order valence-electron chi connectivity index (χ2n) is 3.47. The van der Waals surface area contributed by atoms with Crippen molar-refractivity contribution in [2.75, 3.05) is 0 Å². The quantitative estimate of drug-likeness (QED) is 0.617. The Kier molecular flexibility index (Phi) is 1.77. The normalized spacial score (nSPS) is 30.8. The molecule has 1 saturated heterocycles. The molecule has 2 aliphatic rings. The van der Waals surface area contributed by atoms with Crippen LogP contribution in [0.2, 0.25) is 0 Å². The summed E-state index contributed by atoms with van der Waals surface area (Å²) in [5.41, 5.74) is -0.698. The van der Waals surface area contributed by atoms with Crippen LogP contribution in [0.15, 0.2) is 11.6 Å². The van der Waals surface area contributed by atoms with E-state index < -0.39 is 29.9 Å². The molecule has 3 nitrogen and oxygen atoms in total. The van der Waals surface area contributed by atoms with Crippen molar-refractivity contribution in [2.45, 2.75) is 31.1 Å². The van der Waals surface area contributed by atoms with Crippen molar-refractivity contribution >= 4 is 6.09 Å². The van der Waals surface area contributed by atoms with Crippen molar-refractivity contribution in [1.29, 1.82) is 0 Å². The number of halogens is 3. The molecule has 2 aliphatic heterocycles. The van der Waals surface area contributed by atoms with E-state index in [-0.39, 0.29) is 6.42 Å². The second-order valence-corrected chi connectivity index (χ2v) is 3.47. The first-order valence-corrected chi connectivity index (χ1v) is 4.21. The Hall–Kier alpha value is -1.20. The summed E-state index contributed by atoms with van der Waals surface area (Å²) in [5.74, 6) is 0. The molecule has 0 aliphatic carbocycles. The van der Waals surface area contributed by atoms with Crippen LogP contribution in [0.1, 0.15) is 12.8 Å². The smallest absolute Gasteiger partial charge is 0.414 e. The number of alkyl halides is 3. The van der Waals surface area contributed by atoms with Gasteiger partial charge in [0.25, 0.3) is 0 Å². The van der Waals surface area contributed by atoms with Crippen molar-refractivity contribution in [1.82, 2.24) is 4.90 Å². The van der Waals surface area contributed by atoms with Gasteiger partial charge in [-0.2, -0.15) is 13.2 Å². The van der Waals surface area contributed by atoms with Crippen LogP contribution in [-0.2, 0) is 0 Å². The molecule has 2 bridgehead atoms. The number of hydrogen-bond donors (Lipinski definition) is 1. The van der Waals surface area contributed by atoms with Gasteiger partial charge in [-0.1, -0.05) is 6.08 Å². The number of amides is 1. The first kappa shape index (κ1) is 9.36. The van der Waals surface area contributed by atoms with Gasteiger partial charge in [-0.05, 0) is 12.8 Å². The Bertz CT molecular complexity index is 310. The van der Waals surface area contributed by atoms with Gasteiger partial charge in [-0.3, -0.25) is 4.90 Å². The van der Waals surface area contributed by atoms with E-state index in [1.54, 1.807) is 0 Å². The predicted octanol–water partition coefficient (Wildman–Crippen LogP) is 2.00. The van der Waals surface area contributed by atoms with Gasteiger partial charge in [0, 0.05) is 0 Å². The van der Waals surface area contributed by atoms with Gasteiger partial charge in [0.2, 0.25) is 0 Å². The monoisotopic (exact) mass is 207 g/mol. The molecule has 0 aromatic carbocycles. The lowest BCUT2D eigenvalue weighted by Crippen LogP contribution is -2.37. The molecule has 1 fully saturated rings. The topological polar surface area (TPSA) is 40.5 Å². The molecule has 2 heterocycles. The predicted molar refractivity (Wildman–Crippen MR) is 40.8 cm³/mol. The van der Waals surface area contributed by atoms with Crippen LogP contribution in [0, 0.1) is 0 Å². The van der Waals surface area contributed by atoms with Gasteiger partial charge < -0.3 is 5.11 Å². The number of hydrogen-bond acceptors (Lipinski definition) is 1. The highest BCUT2D eigenvalue weighted by Crippen LogP contribution is 2.43. The van der Waals surface area contributed by atoms with E-state index in [0.29, 0.717) is 6.42 Å². The van der Waals surface area contributed by atoms with E-state index in [4.69, 9.17) is 5.11 Å². The van der Waals surface area contributed by atoms with Gasteiger partial charge >= 0.3 is 12.3 Å². The molecular formula is C8H8F3NO2. The van der Waals surface area contributed by atoms with Gasteiger partial charge in [-0.15, -0.1) is 0 Å². The fourth-order valence-electron chi connectivity index (χ4n) is 2.18. The molecular weight excluding hydrogens is 199 g/mol. The van der Waals surface area contributed by atoms with Crippen molar-refractivity contribution < 1.29 is 23.1 Å². The summed E-state index contributed by atoms with van der Waals surface area (Å²) in [6, 6.07) is -1.55. The van der Waals surface area contributed by atoms with E-state index in [9.17, 15) is 18.0 Å². The van der Waals surface area contributed by atoms with Crippen LogP contribution in [0.4, 0.5) is 18.0 Å². The zero-order chi connectivity index (χ0) is 10.5. The lowest BCUT2D eigenvalue weighted by Gasteiger charge is -2.21. The van der Waals surface area contributed by atoms with Crippen molar-refractivity contribution in [2.24, 2.45) is 0 Å². The Balaban J connectivity index is 2.28. The molecule has 2 atom stereocenters. The van der Waals surface area contributed by atoms with E-state index in [0.717, 1.165) is 11.0 Å². The van der Waals surface area contributed by atoms with E-state index in [2.05, 4.69) is 0 Å². The minimum Gasteiger partial charge on any atom is -0.465 e. The number of fused-ring (bicyclic) bond motifs is 2. The molecule has 14 heavy (non-hydrogen) atoms. The Morgan fingerprint density at radius 2 is 2.14 bits per heavy atom. The Labute approximate surface area is 77.8 Å². The maximum absolute atomic E-state index is 12.4. The molecule has 2 rings (SSSR count). The number of nitrogens with zero attached hydrogens (tertiary/aromatic N) is 1. The second kappa shape index (κ2) is 2.65. The highest BCUT2D eigenvalue weighted by atomic mass is 19.4. The molecule has 78 valence electrons. The average Bonchev–Trinajstić information content (AvgIpc) is 2.57. The number of carboxylic acid groups (broad SMARTS) is 1. The van der Waals surface area contributed by atoms with Crippen LogP contribution in [0.5, 0.6) is 0 Å². The maximum atomic E-state index is 12.4. The third-order valence-electron chi connectivity index (χ3n) is 2.71. The van der Waals surface area contributed by atoms with Gasteiger partial charge in [-0.25, -0.2) is 4.79 Å². The first-order valence-electron chi connectivity index (χ1n) is 4.21. The Morgan fingerprint density at radius 3 is 2.50 bits per heavy atom. The molecule has 0 spiro atoms. The van der Waals surface area contributed by atoms with E-state index in [1.807, 2.05) is 0 Å².